The van der Waals surface area contributed by atoms with Gasteiger partial charge >= 0.3 is 11.9 Å². The fourth-order valence-electron chi connectivity index (χ4n) is 6.28. The number of benzene rings is 4. The number of hydrogen-bond donors (Lipinski definition) is 4. The molecule has 0 saturated carbocycles. The molecule has 4 N–H and O–H groups in total. The van der Waals surface area contributed by atoms with Gasteiger partial charge in [-0.15, -0.1) is 22.7 Å². The monoisotopic (exact) mass is 834 g/mol. The third-order valence-electron chi connectivity index (χ3n) is 9.17. The molecule has 0 bridgehead atoms. The molecule has 5 heterocycles. The molecule has 294 valence electrons. The van der Waals surface area contributed by atoms with Crippen LogP contribution in [0.2, 0.25) is 0 Å². The van der Waals surface area contributed by atoms with Crippen LogP contribution in [0.15, 0.2) is 121 Å². The molecule has 4 aromatic carbocycles. The largest absolute Gasteiger partial charge is 0.478 e. The van der Waals surface area contributed by atoms with E-state index in [9.17, 15) is 42.6 Å². The predicted molar refractivity (Wildman–Crippen MR) is 216 cm³/mol. The molecule has 0 aliphatic rings. The van der Waals surface area contributed by atoms with Crippen LogP contribution in [-0.4, -0.2) is 34.0 Å². The van der Waals surface area contributed by atoms with E-state index in [1.165, 1.54) is 48.7 Å². The molecule has 11 nitrogen and oxygen atoms in total. The van der Waals surface area contributed by atoms with Gasteiger partial charge in [0.05, 0.1) is 11.6 Å². The number of nitrogens with one attached hydrogen (secondary N) is 2. The standard InChI is InChI=1S/C22H13NO5S.C21H12F3NO4S/c24-20(18-10-13-3-1-2-4-17(13)28-18)23-21-19(22(25)26)15(11-29-21)12-5-6-16-14(9-12)7-8-27-16;1-9-5-6-10(18(24)17(9)23)12-8-30-20(16(12)21(27)28)25-19(26)15-7-11-13(22)3-2-4-14(11)29-15/h1-11H,(H,23,24)(H,25,26);2-8H,1H3,(H,25,26)(H,27,28). The Morgan fingerprint density at radius 3 is 1.93 bits per heavy atom. The molecular weight excluding hydrogens is 810 g/mol. The summed E-state index contributed by atoms with van der Waals surface area (Å²) in [6.45, 7) is 1.38. The quantitative estimate of drug-likeness (QED) is 0.116. The number of anilines is 2. The van der Waals surface area contributed by atoms with Crippen molar-refractivity contribution in [2.75, 3.05) is 10.6 Å². The Morgan fingerprint density at radius 2 is 1.24 bits per heavy atom. The first-order valence-corrected chi connectivity index (χ1v) is 19.1. The molecule has 0 unspecified atom stereocenters. The van der Waals surface area contributed by atoms with Crippen LogP contribution in [0.5, 0.6) is 0 Å². The van der Waals surface area contributed by atoms with Crippen LogP contribution >= 0.6 is 22.7 Å². The van der Waals surface area contributed by atoms with E-state index in [1.807, 2.05) is 30.3 Å². The Balaban J connectivity index is 0.000000164. The van der Waals surface area contributed by atoms with Crippen LogP contribution in [0.4, 0.5) is 23.2 Å². The molecule has 0 fully saturated rings. The van der Waals surface area contributed by atoms with Crippen LogP contribution in [0, 0.1) is 24.4 Å². The molecule has 5 aromatic heterocycles. The lowest BCUT2D eigenvalue weighted by atomic mass is 10.0. The Morgan fingerprint density at radius 1 is 0.610 bits per heavy atom. The summed E-state index contributed by atoms with van der Waals surface area (Å²) >= 11 is 1.99. The van der Waals surface area contributed by atoms with E-state index in [2.05, 4.69) is 10.6 Å². The minimum absolute atomic E-state index is 0.0438. The van der Waals surface area contributed by atoms with Gasteiger partial charge in [0.15, 0.2) is 23.2 Å². The Labute approximate surface area is 337 Å². The van der Waals surface area contributed by atoms with Crippen molar-refractivity contribution in [3.05, 3.63) is 154 Å². The molecule has 0 spiro atoms. The minimum atomic E-state index is -1.43. The van der Waals surface area contributed by atoms with Gasteiger partial charge in [-0.25, -0.2) is 22.8 Å². The van der Waals surface area contributed by atoms with E-state index < -0.39 is 46.8 Å². The lowest BCUT2D eigenvalue weighted by Crippen LogP contribution is -2.13. The van der Waals surface area contributed by atoms with Gasteiger partial charge in [0, 0.05) is 44.3 Å². The number of carbonyl (C=O) groups is 4. The van der Waals surface area contributed by atoms with Gasteiger partial charge in [0.1, 0.15) is 43.7 Å². The summed E-state index contributed by atoms with van der Waals surface area (Å²) in [5.74, 6) is -6.79. The van der Waals surface area contributed by atoms with Crippen LogP contribution in [-0.2, 0) is 0 Å². The van der Waals surface area contributed by atoms with Gasteiger partial charge in [-0.1, -0.05) is 42.5 Å². The number of thiophene rings is 2. The number of fused-ring (bicyclic) bond motifs is 3. The Bertz CT molecular complexity index is 3100. The number of rotatable bonds is 8. The van der Waals surface area contributed by atoms with Crippen molar-refractivity contribution >= 4 is 89.3 Å². The number of halogens is 3. The first-order chi connectivity index (χ1) is 28.4. The Kier molecular flexibility index (Phi) is 10.1. The summed E-state index contributed by atoms with van der Waals surface area (Å²) in [4.78, 5) is 48.9. The van der Waals surface area contributed by atoms with Crippen LogP contribution < -0.4 is 10.6 Å². The lowest BCUT2D eigenvalue weighted by molar-refractivity contribution is 0.0688. The zero-order valence-electron chi connectivity index (χ0n) is 30.1. The van der Waals surface area contributed by atoms with Gasteiger partial charge in [-0.2, -0.15) is 0 Å². The van der Waals surface area contributed by atoms with Crippen molar-refractivity contribution in [2.45, 2.75) is 6.92 Å². The highest BCUT2D eigenvalue weighted by Crippen LogP contribution is 2.39. The molecule has 9 aromatic rings. The number of carboxylic acids is 2. The molecule has 9 rings (SSSR count). The van der Waals surface area contributed by atoms with Gasteiger partial charge < -0.3 is 34.1 Å². The van der Waals surface area contributed by atoms with Crippen molar-refractivity contribution in [3.8, 4) is 22.3 Å². The number of para-hydroxylation sites is 1. The van der Waals surface area contributed by atoms with E-state index >= 15 is 0 Å². The first-order valence-electron chi connectivity index (χ1n) is 17.3. The van der Waals surface area contributed by atoms with E-state index in [4.69, 9.17) is 13.3 Å². The maximum atomic E-state index is 14.4. The van der Waals surface area contributed by atoms with E-state index in [1.54, 1.807) is 35.9 Å². The van der Waals surface area contributed by atoms with Crippen LogP contribution in [0.25, 0.3) is 55.2 Å². The molecule has 0 saturated heterocycles. The normalized spacial score (nSPS) is 11.1. The zero-order valence-corrected chi connectivity index (χ0v) is 31.7. The van der Waals surface area contributed by atoms with Crippen LogP contribution in [0.1, 0.15) is 47.4 Å². The van der Waals surface area contributed by atoms with E-state index in [-0.39, 0.29) is 54.7 Å². The van der Waals surface area contributed by atoms with E-state index in [0.717, 1.165) is 44.6 Å². The second-order valence-corrected chi connectivity index (χ2v) is 14.6. The fraction of sp³-hybridized carbons (Fsp3) is 0.0233. The third-order valence-corrected chi connectivity index (χ3v) is 11.0. The summed E-state index contributed by atoms with van der Waals surface area (Å²) in [6, 6.07) is 24.1. The molecular formula is C43H25F3N2O9S2. The average molecular weight is 835 g/mol. The fourth-order valence-corrected chi connectivity index (χ4v) is 8.19. The SMILES string of the molecule is Cc1ccc(-c2csc(NC(=O)c3cc4c(F)cccc4o3)c2C(=O)O)c(F)c1F.O=C(Nc1scc(-c2ccc3occc3c2)c1C(=O)O)c1cc2ccccc2o1. The highest BCUT2D eigenvalue weighted by molar-refractivity contribution is 7.15. The average Bonchev–Trinajstić information content (AvgIpc) is 4.06. The third kappa shape index (κ3) is 7.33. The minimum Gasteiger partial charge on any atom is -0.478 e. The number of hydrogen-bond acceptors (Lipinski definition) is 9. The van der Waals surface area contributed by atoms with Gasteiger partial charge in [-0.3, -0.25) is 9.59 Å². The van der Waals surface area contributed by atoms with Gasteiger partial charge in [0.2, 0.25) is 0 Å². The van der Waals surface area contributed by atoms with Crippen molar-refractivity contribution in [2.24, 2.45) is 0 Å². The van der Waals surface area contributed by atoms with Gasteiger partial charge in [-0.05, 0) is 60.5 Å². The second-order valence-electron chi connectivity index (χ2n) is 12.9. The number of aryl methyl sites for hydroxylation is 1. The summed E-state index contributed by atoms with van der Waals surface area (Å²) in [6.07, 6.45) is 1.58. The molecule has 0 aliphatic carbocycles. The molecule has 59 heavy (non-hydrogen) atoms. The summed E-state index contributed by atoms with van der Waals surface area (Å²) < 4.78 is 58.4. The van der Waals surface area contributed by atoms with Crippen molar-refractivity contribution in [1.29, 1.82) is 0 Å². The predicted octanol–water partition coefficient (Wildman–Crippen LogP) is 11.7. The maximum Gasteiger partial charge on any atom is 0.339 e. The summed E-state index contributed by atoms with van der Waals surface area (Å²) in [7, 11) is 0. The number of amides is 2. The number of carboxylic acid groups (broad SMARTS) is 2. The first kappa shape index (κ1) is 38.4. The highest BCUT2D eigenvalue weighted by atomic mass is 32.1. The van der Waals surface area contributed by atoms with Crippen molar-refractivity contribution in [3.63, 3.8) is 0 Å². The molecule has 0 atom stereocenters. The lowest BCUT2D eigenvalue weighted by Gasteiger charge is -2.07. The number of aromatic carboxylic acids is 2. The van der Waals surface area contributed by atoms with Crippen molar-refractivity contribution < 1.29 is 55.8 Å². The number of furan rings is 3. The smallest absolute Gasteiger partial charge is 0.339 e. The second kappa shape index (κ2) is 15.5. The van der Waals surface area contributed by atoms with Gasteiger partial charge in [0.25, 0.3) is 11.8 Å². The maximum absolute atomic E-state index is 14.4. The highest BCUT2D eigenvalue weighted by Gasteiger charge is 2.26. The topological polar surface area (TPSA) is 172 Å². The number of carbonyl (C=O) groups excluding carboxylic acids is 2. The Hall–Kier alpha value is -7.43. The van der Waals surface area contributed by atoms with E-state index in [0.29, 0.717) is 11.1 Å². The molecule has 0 radical (unpaired) electrons. The van der Waals surface area contributed by atoms with Crippen molar-refractivity contribution in [1.82, 2.24) is 0 Å². The zero-order chi connectivity index (χ0) is 41.5. The van der Waals surface area contributed by atoms with Crippen LogP contribution in [0.3, 0.4) is 0 Å². The summed E-state index contributed by atoms with van der Waals surface area (Å²) in [5.41, 5.74) is 2.16. The molecule has 16 heteroatoms. The molecule has 0 aliphatic heterocycles. The summed E-state index contributed by atoms with van der Waals surface area (Å²) in [5, 5.41) is 29.4. The molecule has 2 amide bonds.